The number of rotatable bonds is 5. The van der Waals surface area contributed by atoms with Crippen LogP contribution >= 0.6 is 0 Å². The van der Waals surface area contributed by atoms with Crippen molar-refractivity contribution in [1.82, 2.24) is 4.98 Å². The fraction of sp³-hybridized carbons (Fsp3) is 0. The summed E-state index contributed by atoms with van der Waals surface area (Å²) >= 11 is 0. The Hall–Kier alpha value is -3.81. The molecule has 0 aliphatic carbocycles. The second-order valence-electron chi connectivity index (χ2n) is 5.09. The maximum atomic E-state index is 10.8. The van der Waals surface area contributed by atoms with E-state index in [9.17, 15) is 20.2 Å². The minimum absolute atomic E-state index is 0.0119. The van der Waals surface area contributed by atoms with Crippen molar-refractivity contribution in [2.24, 2.45) is 0 Å². The minimum Gasteiger partial charge on any atom is -0.310 e. The Morgan fingerprint density at radius 3 is 1.36 bits per heavy atom. The first-order chi connectivity index (χ1) is 12.1. The molecule has 0 saturated heterocycles. The third kappa shape index (κ3) is 3.42. The summed E-state index contributed by atoms with van der Waals surface area (Å²) in [7, 11) is 0. The van der Waals surface area contributed by atoms with Crippen LogP contribution in [0.3, 0.4) is 0 Å². The number of hydrogen-bond donors (Lipinski definition) is 0. The standard InChI is InChI=1S/C17H12N4O4/c22-20(23)16-5-1-13(2-6-16)19(15-9-11-18-12-10-15)14-3-7-17(8-4-14)21(24)25/h1-12H. The highest BCUT2D eigenvalue weighted by atomic mass is 16.6. The molecule has 0 N–H and O–H groups in total. The van der Waals surface area contributed by atoms with Gasteiger partial charge in [0.2, 0.25) is 0 Å². The fourth-order valence-electron chi connectivity index (χ4n) is 2.39. The molecule has 3 aromatic rings. The molecule has 8 nitrogen and oxygen atoms in total. The first-order valence-corrected chi connectivity index (χ1v) is 7.25. The van der Waals surface area contributed by atoms with Crippen LogP contribution in [0.15, 0.2) is 73.1 Å². The van der Waals surface area contributed by atoms with Gasteiger partial charge in [-0.2, -0.15) is 0 Å². The largest absolute Gasteiger partial charge is 0.310 e. The fourth-order valence-corrected chi connectivity index (χ4v) is 2.39. The van der Waals surface area contributed by atoms with Gasteiger partial charge in [-0.3, -0.25) is 25.2 Å². The van der Waals surface area contributed by atoms with Gasteiger partial charge in [-0.25, -0.2) is 0 Å². The average Bonchev–Trinajstić information content (AvgIpc) is 2.64. The number of non-ortho nitro benzene ring substituents is 2. The molecule has 3 rings (SSSR count). The molecule has 0 spiro atoms. The number of anilines is 3. The van der Waals surface area contributed by atoms with Crippen LogP contribution in [0, 0.1) is 20.2 Å². The Labute approximate surface area is 142 Å². The smallest absolute Gasteiger partial charge is 0.269 e. The lowest BCUT2D eigenvalue weighted by Gasteiger charge is -2.24. The normalized spacial score (nSPS) is 10.2. The molecule has 8 heteroatoms. The van der Waals surface area contributed by atoms with E-state index in [-0.39, 0.29) is 11.4 Å². The van der Waals surface area contributed by atoms with E-state index in [1.54, 1.807) is 48.8 Å². The zero-order chi connectivity index (χ0) is 17.8. The highest BCUT2D eigenvalue weighted by Gasteiger charge is 2.15. The van der Waals surface area contributed by atoms with E-state index in [4.69, 9.17) is 0 Å². The molecule has 0 radical (unpaired) electrons. The van der Waals surface area contributed by atoms with Gasteiger partial charge in [-0.05, 0) is 36.4 Å². The Kier molecular flexibility index (Phi) is 4.34. The van der Waals surface area contributed by atoms with Gasteiger partial charge >= 0.3 is 0 Å². The molecule has 0 saturated carbocycles. The second kappa shape index (κ2) is 6.75. The molecule has 124 valence electrons. The Balaban J connectivity index is 2.07. The van der Waals surface area contributed by atoms with E-state index < -0.39 is 9.85 Å². The molecule has 0 aliphatic heterocycles. The quantitative estimate of drug-likeness (QED) is 0.506. The lowest BCUT2D eigenvalue weighted by molar-refractivity contribution is -0.385. The number of aromatic nitrogens is 1. The first kappa shape index (κ1) is 16.1. The van der Waals surface area contributed by atoms with Gasteiger partial charge < -0.3 is 4.90 Å². The molecule has 1 heterocycles. The SMILES string of the molecule is O=[N+]([O-])c1ccc(N(c2ccncc2)c2ccc([N+](=O)[O-])cc2)cc1. The van der Waals surface area contributed by atoms with Gasteiger partial charge in [-0.15, -0.1) is 0 Å². The van der Waals surface area contributed by atoms with E-state index in [0.29, 0.717) is 11.4 Å². The summed E-state index contributed by atoms with van der Waals surface area (Å²) in [6, 6.07) is 15.7. The van der Waals surface area contributed by atoms with Crippen molar-refractivity contribution in [2.75, 3.05) is 4.90 Å². The van der Waals surface area contributed by atoms with Crippen molar-refractivity contribution >= 4 is 28.4 Å². The van der Waals surface area contributed by atoms with Gasteiger partial charge in [0.25, 0.3) is 11.4 Å². The maximum Gasteiger partial charge on any atom is 0.269 e. The van der Waals surface area contributed by atoms with Crippen molar-refractivity contribution < 1.29 is 9.85 Å². The number of nitrogens with zero attached hydrogens (tertiary/aromatic N) is 4. The van der Waals surface area contributed by atoms with Crippen LogP contribution < -0.4 is 4.90 Å². The van der Waals surface area contributed by atoms with Crippen molar-refractivity contribution in [1.29, 1.82) is 0 Å². The molecule has 1 aromatic heterocycles. The van der Waals surface area contributed by atoms with Crippen molar-refractivity contribution in [3.05, 3.63) is 93.3 Å². The van der Waals surface area contributed by atoms with E-state index in [0.717, 1.165) is 5.69 Å². The third-order valence-electron chi connectivity index (χ3n) is 3.56. The summed E-state index contributed by atoms with van der Waals surface area (Å²) < 4.78 is 0. The van der Waals surface area contributed by atoms with E-state index in [1.807, 2.05) is 4.90 Å². The molecule has 0 fully saturated rings. The summed E-state index contributed by atoms with van der Waals surface area (Å²) in [4.78, 5) is 26.6. The van der Waals surface area contributed by atoms with Crippen molar-refractivity contribution in [3.8, 4) is 0 Å². The average molecular weight is 336 g/mol. The van der Waals surface area contributed by atoms with Crippen LogP contribution in [0.2, 0.25) is 0 Å². The van der Waals surface area contributed by atoms with Gasteiger partial charge in [0.15, 0.2) is 0 Å². The van der Waals surface area contributed by atoms with Gasteiger partial charge in [0.05, 0.1) is 9.85 Å². The van der Waals surface area contributed by atoms with Crippen LogP contribution in [0.1, 0.15) is 0 Å². The maximum absolute atomic E-state index is 10.8. The zero-order valence-electron chi connectivity index (χ0n) is 12.9. The Morgan fingerprint density at radius 1 is 0.640 bits per heavy atom. The molecule has 0 bridgehead atoms. The van der Waals surface area contributed by atoms with Crippen LogP contribution in [-0.4, -0.2) is 14.8 Å². The predicted octanol–water partition coefficient (Wildman–Crippen LogP) is 4.37. The monoisotopic (exact) mass is 336 g/mol. The molecule has 0 aliphatic rings. The van der Waals surface area contributed by atoms with Gasteiger partial charge in [0, 0.05) is 53.7 Å². The van der Waals surface area contributed by atoms with E-state index >= 15 is 0 Å². The molecule has 0 unspecified atom stereocenters. The van der Waals surface area contributed by atoms with Crippen molar-refractivity contribution in [2.45, 2.75) is 0 Å². The molecular weight excluding hydrogens is 324 g/mol. The Morgan fingerprint density at radius 2 is 1.00 bits per heavy atom. The Bertz CT molecular complexity index is 839. The second-order valence-corrected chi connectivity index (χ2v) is 5.09. The first-order valence-electron chi connectivity index (χ1n) is 7.25. The molecule has 0 atom stereocenters. The predicted molar refractivity (Wildman–Crippen MR) is 92.2 cm³/mol. The van der Waals surface area contributed by atoms with Crippen LogP contribution in [-0.2, 0) is 0 Å². The number of nitro groups is 2. The number of hydrogen-bond acceptors (Lipinski definition) is 6. The summed E-state index contributed by atoms with van der Waals surface area (Å²) in [5.74, 6) is 0. The van der Waals surface area contributed by atoms with Crippen LogP contribution in [0.4, 0.5) is 28.4 Å². The van der Waals surface area contributed by atoms with E-state index in [1.165, 1.54) is 24.3 Å². The number of pyridine rings is 1. The van der Waals surface area contributed by atoms with Gasteiger partial charge in [-0.1, -0.05) is 0 Å². The third-order valence-corrected chi connectivity index (χ3v) is 3.56. The minimum atomic E-state index is -0.466. The van der Waals surface area contributed by atoms with Crippen molar-refractivity contribution in [3.63, 3.8) is 0 Å². The lowest BCUT2D eigenvalue weighted by Crippen LogP contribution is -2.10. The highest BCUT2D eigenvalue weighted by molar-refractivity contribution is 5.77. The topological polar surface area (TPSA) is 102 Å². The summed E-state index contributed by atoms with van der Waals surface area (Å²) in [5.41, 5.74) is 2.12. The van der Waals surface area contributed by atoms with E-state index in [2.05, 4.69) is 4.98 Å². The molecule has 0 amide bonds. The number of nitro benzene ring substituents is 2. The zero-order valence-corrected chi connectivity index (χ0v) is 12.9. The number of benzene rings is 2. The van der Waals surface area contributed by atoms with Gasteiger partial charge in [0.1, 0.15) is 0 Å². The van der Waals surface area contributed by atoms with Crippen LogP contribution in [0.5, 0.6) is 0 Å². The molecule has 25 heavy (non-hydrogen) atoms. The molecular formula is C17H12N4O4. The highest BCUT2D eigenvalue weighted by Crippen LogP contribution is 2.35. The summed E-state index contributed by atoms with van der Waals surface area (Å²) in [6.07, 6.45) is 3.25. The summed E-state index contributed by atoms with van der Waals surface area (Å²) in [5, 5.41) is 21.7. The van der Waals surface area contributed by atoms with Crippen LogP contribution in [0.25, 0.3) is 0 Å². The summed E-state index contributed by atoms with van der Waals surface area (Å²) in [6.45, 7) is 0. The molecule has 2 aromatic carbocycles. The lowest BCUT2D eigenvalue weighted by atomic mass is 10.2.